The predicted octanol–water partition coefficient (Wildman–Crippen LogP) is 5.37. The second-order valence-corrected chi connectivity index (χ2v) is 8.67. The fraction of sp³-hybridized carbons (Fsp3) is 0.696. The molecule has 0 aliphatic rings. The Hall–Kier alpha value is -1.24. The van der Waals surface area contributed by atoms with E-state index in [1.54, 1.807) is 0 Å². The van der Waals surface area contributed by atoms with Crippen LogP contribution in [0.15, 0.2) is 36.5 Å². The highest BCUT2D eigenvalue weighted by atomic mass is 31.2. The van der Waals surface area contributed by atoms with Gasteiger partial charge in [0.15, 0.2) is 0 Å². The summed E-state index contributed by atoms with van der Waals surface area (Å²) >= 11 is 0. The lowest BCUT2D eigenvalue weighted by molar-refractivity contribution is -0.147. The molecule has 8 heteroatoms. The molecular weight excluding hydrogens is 419 g/mol. The fourth-order valence-corrected chi connectivity index (χ4v) is 3.10. The van der Waals surface area contributed by atoms with Crippen LogP contribution in [0.4, 0.5) is 0 Å². The van der Waals surface area contributed by atoms with Crippen molar-refractivity contribution in [2.75, 3.05) is 13.2 Å². The Balaban J connectivity index is 3.42. The highest BCUT2D eigenvalue weighted by molar-refractivity contribution is 7.46. The number of allylic oxidation sites excluding steroid dienone is 6. The quantitative estimate of drug-likeness (QED) is 0.0969. The van der Waals surface area contributed by atoms with E-state index in [9.17, 15) is 14.5 Å². The molecule has 0 rings (SSSR count). The molecule has 0 saturated heterocycles. The van der Waals surface area contributed by atoms with Gasteiger partial charge in [-0.1, -0.05) is 75.5 Å². The van der Waals surface area contributed by atoms with E-state index in [2.05, 4.69) is 47.9 Å². The van der Waals surface area contributed by atoms with Crippen LogP contribution in [0.2, 0.25) is 0 Å². The summed E-state index contributed by atoms with van der Waals surface area (Å²) in [4.78, 5) is 28.6. The zero-order chi connectivity index (χ0) is 23.2. The number of carbonyl (C=O) groups is 1. The van der Waals surface area contributed by atoms with Crippen LogP contribution in [0.1, 0.15) is 84.0 Å². The van der Waals surface area contributed by atoms with Crippen molar-refractivity contribution in [2.45, 2.75) is 90.1 Å². The van der Waals surface area contributed by atoms with Gasteiger partial charge in [-0.05, 0) is 38.5 Å². The van der Waals surface area contributed by atoms with Crippen molar-refractivity contribution in [3.63, 3.8) is 0 Å². The summed E-state index contributed by atoms with van der Waals surface area (Å²) < 4.78 is 19.5. The number of hydrogen-bond acceptors (Lipinski definition) is 5. The van der Waals surface area contributed by atoms with Gasteiger partial charge in [0.1, 0.15) is 12.7 Å². The van der Waals surface area contributed by atoms with E-state index in [1.807, 2.05) is 0 Å². The first-order chi connectivity index (χ1) is 14.8. The van der Waals surface area contributed by atoms with Gasteiger partial charge in [0.25, 0.3) is 0 Å². The summed E-state index contributed by atoms with van der Waals surface area (Å²) in [6.07, 6.45) is 24.1. The number of aliphatic hydroxyl groups excluding tert-OH is 1. The molecule has 0 aromatic rings. The molecule has 0 radical (unpaired) electrons. The van der Waals surface area contributed by atoms with Crippen molar-refractivity contribution < 1.29 is 33.5 Å². The van der Waals surface area contributed by atoms with Gasteiger partial charge < -0.3 is 19.6 Å². The van der Waals surface area contributed by atoms with E-state index in [4.69, 9.17) is 14.5 Å². The minimum absolute atomic E-state index is 0.278. The minimum Gasteiger partial charge on any atom is -0.463 e. The Kier molecular flexibility index (Phi) is 19.8. The number of hydrogen-bond donors (Lipinski definition) is 3. The maximum atomic E-state index is 11.6. The molecule has 0 aliphatic carbocycles. The first-order valence-corrected chi connectivity index (χ1v) is 12.9. The Labute approximate surface area is 187 Å². The van der Waals surface area contributed by atoms with Gasteiger partial charge in [-0.15, -0.1) is 0 Å². The lowest BCUT2D eigenvalue weighted by Gasteiger charge is -2.12. The molecule has 0 aromatic heterocycles. The number of ether oxygens (including phenoxy) is 1. The maximum Gasteiger partial charge on any atom is 0.469 e. The lowest BCUT2D eigenvalue weighted by Crippen LogP contribution is -2.23. The van der Waals surface area contributed by atoms with E-state index < -0.39 is 26.5 Å². The average molecular weight is 461 g/mol. The van der Waals surface area contributed by atoms with E-state index in [-0.39, 0.29) is 13.0 Å². The molecule has 0 bridgehead atoms. The van der Waals surface area contributed by atoms with Gasteiger partial charge in [-0.3, -0.25) is 9.32 Å². The smallest absolute Gasteiger partial charge is 0.463 e. The molecule has 31 heavy (non-hydrogen) atoms. The number of carbonyl (C=O) groups excluding carboxylic acids is 1. The van der Waals surface area contributed by atoms with Crippen molar-refractivity contribution in [3.8, 4) is 0 Å². The molecule has 0 saturated carbocycles. The third-order valence-corrected chi connectivity index (χ3v) is 4.89. The van der Waals surface area contributed by atoms with Crippen LogP contribution in [-0.2, 0) is 18.6 Å². The number of phosphoric ester groups is 1. The topological polar surface area (TPSA) is 113 Å². The van der Waals surface area contributed by atoms with Crippen molar-refractivity contribution in [1.29, 1.82) is 0 Å². The first kappa shape index (κ1) is 29.8. The van der Waals surface area contributed by atoms with Crippen LogP contribution < -0.4 is 0 Å². The second-order valence-electron chi connectivity index (χ2n) is 7.43. The van der Waals surface area contributed by atoms with Crippen LogP contribution >= 0.6 is 7.82 Å². The molecule has 180 valence electrons. The largest absolute Gasteiger partial charge is 0.469 e. The van der Waals surface area contributed by atoms with Crippen molar-refractivity contribution in [2.24, 2.45) is 0 Å². The molecule has 0 aliphatic heterocycles. The fourth-order valence-electron chi connectivity index (χ4n) is 2.73. The van der Waals surface area contributed by atoms with Crippen molar-refractivity contribution >= 4 is 13.8 Å². The second kappa shape index (κ2) is 20.7. The lowest BCUT2D eigenvalue weighted by atomic mass is 10.1. The molecule has 0 spiro atoms. The van der Waals surface area contributed by atoms with Crippen molar-refractivity contribution in [1.82, 2.24) is 0 Å². The van der Waals surface area contributed by atoms with Crippen LogP contribution in [0.5, 0.6) is 0 Å². The molecular formula is C23H41O7P. The van der Waals surface area contributed by atoms with Crippen LogP contribution in [0.25, 0.3) is 0 Å². The molecule has 1 unspecified atom stereocenters. The summed E-state index contributed by atoms with van der Waals surface area (Å²) in [6, 6.07) is 0. The minimum atomic E-state index is -4.62. The van der Waals surface area contributed by atoms with E-state index in [1.165, 1.54) is 19.3 Å². The highest BCUT2D eigenvalue weighted by Gasteiger charge is 2.17. The van der Waals surface area contributed by atoms with Gasteiger partial charge >= 0.3 is 13.8 Å². The van der Waals surface area contributed by atoms with Crippen LogP contribution in [0, 0.1) is 0 Å². The monoisotopic (exact) mass is 460 g/mol. The number of aliphatic hydroxyl groups is 1. The summed E-state index contributed by atoms with van der Waals surface area (Å²) in [7, 11) is -4.62. The molecule has 0 heterocycles. The Morgan fingerprint density at radius 1 is 0.839 bits per heavy atom. The average Bonchev–Trinajstić information content (AvgIpc) is 2.72. The summed E-state index contributed by atoms with van der Waals surface area (Å²) in [6.45, 7) is 1.22. The molecule has 0 fully saturated rings. The van der Waals surface area contributed by atoms with Gasteiger partial charge in [-0.25, -0.2) is 4.57 Å². The van der Waals surface area contributed by atoms with Crippen LogP contribution in [-0.4, -0.2) is 40.2 Å². The molecule has 3 N–H and O–H groups in total. The normalized spacial score (nSPS) is 13.5. The van der Waals surface area contributed by atoms with E-state index >= 15 is 0 Å². The molecule has 0 aromatic carbocycles. The third kappa shape index (κ3) is 24.9. The zero-order valence-electron chi connectivity index (χ0n) is 18.9. The summed E-state index contributed by atoms with van der Waals surface area (Å²) in [5.41, 5.74) is 0. The molecule has 1 atom stereocenters. The number of esters is 1. The van der Waals surface area contributed by atoms with Gasteiger partial charge in [0.2, 0.25) is 0 Å². The predicted molar refractivity (Wildman–Crippen MR) is 123 cm³/mol. The van der Waals surface area contributed by atoms with E-state index in [0.29, 0.717) is 0 Å². The third-order valence-electron chi connectivity index (χ3n) is 4.40. The Morgan fingerprint density at radius 2 is 1.39 bits per heavy atom. The van der Waals surface area contributed by atoms with E-state index in [0.717, 1.165) is 51.4 Å². The standard InChI is InChI=1S/C23H41O7P/c1-2-3-4-5-6-7-8-9-10-11-12-13-14-15-16-17-18-19-23(25)29-20-22(24)21-30-31(26,27)28/h3-4,6-7,9-10,22,24H,2,5,8,11-21H2,1H3,(H2,26,27,28)/b4-3-,7-6-,10-9-. The Bertz CT molecular complexity index is 566. The van der Waals surface area contributed by atoms with Crippen LogP contribution in [0.3, 0.4) is 0 Å². The summed E-state index contributed by atoms with van der Waals surface area (Å²) in [5, 5.41) is 9.43. The SMILES string of the molecule is CC/C=C\C/C=C\C/C=C\CCCCCCCCCC(=O)OCC(O)COP(=O)(O)O. The molecule has 0 amide bonds. The highest BCUT2D eigenvalue weighted by Crippen LogP contribution is 2.35. The first-order valence-electron chi connectivity index (χ1n) is 11.3. The maximum absolute atomic E-state index is 11.6. The summed E-state index contributed by atoms with van der Waals surface area (Å²) in [5.74, 6) is -0.422. The van der Waals surface area contributed by atoms with Crippen molar-refractivity contribution in [3.05, 3.63) is 36.5 Å². The molecule has 7 nitrogen and oxygen atoms in total. The number of phosphoric acid groups is 1. The van der Waals surface area contributed by atoms with Gasteiger partial charge in [0, 0.05) is 6.42 Å². The number of unbranched alkanes of at least 4 members (excludes halogenated alkanes) is 7. The van der Waals surface area contributed by atoms with Gasteiger partial charge in [-0.2, -0.15) is 0 Å². The Morgan fingerprint density at radius 3 is 2.00 bits per heavy atom. The zero-order valence-corrected chi connectivity index (χ0v) is 19.8. The van der Waals surface area contributed by atoms with Gasteiger partial charge in [0.05, 0.1) is 6.61 Å². The number of rotatable bonds is 20.